The highest BCUT2D eigenvalue weighted by Crippen LogP contribution is 2.41. The molecule has 0 spiro atoms. The van der Waals surface area contributed by atoms with Gasteiger partial charge in [0.15, 0.2) is 0 Å². The molecular formula is C14H12F3N3O2. The van der Waals surface area contributed by atoms with Crippen molar-refractivity contribution in [1.82, 2.24) is 0 Å². The van der Waals surface area contributed by atoms with Crippen molar-refractivity contribution in [3.05, 3.63) is 46.0 Å². The van der Waals surface area contributed by atoms with Crippen molar-refractivity contribution >= 4 is 17.1 Å². The summed E-state index contributed by atoms with van der Waals surface area (Å²) in [5.41, 5.74) is 1.66. The van der Waals surface area contributed by atoms with Gasteiger partial charge in [0.05, 0.1) is 10.5 Å². The highest BCUT2D eigenvalue weighted by molar-refractivity contribution is 5.95. The summed E-state index contributed by atoms with van der Waals surface area (Å²) in [7, 11) is 0. The van der Waals surface area contributed by atoms with Crippen LogP contribution in [0.4, 0.5) is 24.5 Å². The molecule has 0 heterocycles. The predicted octanol–water partition coefficient (Wildman–Crippen LogP) is 3.98. The molecule has 0 amide bonds. The lowest BCUT2D eigenvalue weighted by Crippen LogP contribution is -2.33. The number of allylic oxidation sites excluding steroid dienone is 2. The van der Waals surface area contributed by atoms with Crippen LogP contribution in [0.5, 0.6) is 0 Å². The average Bonchev–Trinajstić information content (AvgIpc) is 2.79. The molecule has 2 atom stereocenters. The number of fused-ring (bicyclic) bond motifs is 1. The minimum Gasteiger partial charge on any atom is -0.272 e. The largest absolute Gasteiger partial charge is 0.416 e. The number of alkyl halides is 3. The second-order valence-corrected chi connectivity index (χ2v) is 5.36. The summed E-state index contributed by atoms with van der Waals surface area (Å²) in [4.78, 5) is 10.1. The van der Waals surface area contributed by atoms with E-state index in [1.807, 2.05) is 6.08 Å². The number of nitrogens with zero attached hydrogens (tertiary/aromatic N) is 2. The molecule has 1 saturated carbocycles. The predicted molar refractivity (Wildman–Crippen MR) is 74.5 cm³/mol. The van der Waals surface area contributed by atoms with Crippen molar-refractivity contribution in [1.29, 1.82) is 0 Å². The van der Waals surface area contributed by atoms with Gasteiger partial charge in [0, 0.05) is 17.7 Å². The van der Waals surface area contributed by atoms with E-state index in [-0.39, 0.29) is 11.6 Å². The molecule has 22 heavy (non-hydrogen) atoms. The van der Waals surface area contributed by atoms with Gasteiger partial charge in [-0.1, -0.05) is 12.2 Å². The summed E-state index contributed by atoms with van der Waals surface area (Å²) >= 11 is 0. The van der Waals surface area contributed by atoms with Crippen molar-refractivity contribution in [2.45, 2.75) is 19.0 Å². The molecule has 2 unspecified atom stereocenters. The molecule has 1 aromatic carbocycles. The highest BCUT2D eigenvalue weighted by Gasteiger charge is 2.38. The van der Waals surface area contributed by atoms with Gasteiger partial charge in [0.2, 0.25) is 0 Å². The van der Waals surface area contributed by atoms with Crippen molar-refractivity contribution in [3.8, 4) is 0 Å². The van der Waals surface area contributed by atoms with Crippen molar-refractivity contribution in [2.24, 2.45) is 16.9 Å². The van der Waals surface area contributed by atoms with Crippen molar-refractivity contribution < 1.29 is 18.1 Å². The Balaban J connectivity index is 1.83. The Morgan fingerprint density at radius 2 is 2.14 bits per heavy atom. The lowest BCUT2D eigenvalue weighted by molar-refractivity contribution is -0.384. The lowest BCUT2D eigenvalue weighted by Gasteiger charge is -2.31. The van der Waals surface area contributed by atoms with Crippen molar-refractivity contribution in [2.75, 3.05) is 5.43 Å². The summed E-state index contributed by atoms with van der Waals surface area (Å²) in [6, 6.07) is 2.35. The molecule has 1 aromatic rings. The van der Waals surface area contributed by atoms with Gasteiger partial charge < -0.3 is 0 Å². The van der Waals surface area contributed by atoms with Crippen LogP contribution in [0.15, 0.2) is 35.5 Å². The van der Waals surface area contributed by atoms with Gasteiger partial charge >= 0.3 is 6.18 Å². The Morgan fingerprint density at radius 3 is 2.77 bits per heavy atom. The van der Waals surface area contributed by atoms with Gasteiger partial charge in [-0.2, -0.15) is 18.3 Å². The summed E-state index contributed by atoms with van der Waals surface area (Å²) in [5, 5.41) is 15.1. The van der Waals surface area contributed by atoms with Gasteiger partial charge in [-0.25, -0.2) is 0 Å². The minimum atomic E-state index is -4.62. The van der Waals surface area contributed by atoms with E-state index in [2.05, 4.69) is 16.6 Å². The van der Waals surface area contributed by atoms with Gasteiger partial charge in [-0.05, 0) is 30.9 Å². The molecule has 2 aliphatic rings. The van der Waals surface area contributed by atoms with E-state index in [9.17, 15) is 23.3 Å². The van der Waals surface area contributed by atoms with Crippen molar-refractivity contribution in [3.63, 3.8) is 0 Å². The van der Waals surface area contributed by atoms with Crippen LogP contribution in [0, 0.1) is 22.0 Å². The quantitative estimate of drug-likeness (QED) is 0.521. The first-order chi connectivity index (χ1) is 10.4. The third kappa shape index (κ3) is 2.56. The molecule has 0 saturated heterocycles. The molecule has 0 aromatic heterocycles. The molecule has 3 rings (SSSR count). The van der Waals surface area contributed by atoms with Gasteiger partial charge in [-0.3, -0.25) is 15.5 Å². The van der Waals surface area contributed by atoms with Crippen LogP contribution in [-0.2, 0) is 6.18 Å². The van der Waals surface area contributed by atoms with E-state index < -0.39 is 22.4 Å². The van der Waals surface area contributed by atoms with E-state index in [0.29, 0.717) is 12.0 Å². The van der Waals surface area contributed by atoms with Crippen LogP contribution in [0.3, 0.4) is 0 Å². The fourth-order valence-corrected chi connectivity index (χ4v) is 2.75. The van der Waals surface area contributed by atoms with E-state index in [1.165, 1.54) is 0 Å². The van der Waals surface area contributed by atoms with E-state index in [4.69, 9.17) is 0 Å². The van der Waals surface area contributed by atoms with Crippen LogP contribution in [0.2, 0.25) is 0 Å². The molecule has 1 N–H and O–H groups in total. The topological polar surface area (TPSA) is 67.5 Å². The molecule has 0 bridgehead atoms. The summed E-state index contributed by atoms with van der Waals surface area (Å²) in [6.45, 7) is 0. The molecule has 0 radical (unpaired) electrons. The number of hydrogen-bond donors (Lipinski definition) is 1. The standard InChI is InChI=1S/C14H12F3N3O2/c15-14(16,17)9-4-5-11(13(7-9)20(21)22)18-19-12-6-8-2-1-3-10(8)12/h1,3-5,7-8,10,18H,2,6H2/b19-12+. The smallest absolute Gasteiger partial charge is 0.272 e. The van der Waals surface area contributed by atoms with E-state index in [0.717, 1.165) is 30.7 Å². The van der Waals surface area contributed by atoms with Gasteiger partial charge in [0.1, 0.15) is 5.69 Å². The molecular weight excluding hydrogens is 299 g/mol. The maximum Gasteiger partial charge on any atom is 0.416 e. The number of rotatable bonds is 3. The number of nitrogens with one attached hydrogen (secondary N) is 1. The lowest BCUT2D eigenvalue weighted by atomic mass is 9.74. The normalized spacial score (nSPS) is 25.0. The van der Waals surface area contributed by atoms with Gasteiger partial charge in [-0.15, -0.1) is 0 Å². The SMILES string of the molecule is O=[N+]([O-])c1cc(C(F)(F)F)ccc1N/N=C1\CC2CC=CC12. The van der Waals surface area contributed by atoms with Crippen LogP contribution in [-0.4, -0.2) is 10.6 Å². The zero-order chi connectivity index (χ0) is 15.9. The molecule has 116 valence electrons. The molecule has 0 aliphatic heterocycles. The van der Waals surface area contributed by atoms with Crippen LogP contribution in [0.1, 0.15) is 18.4 Å². The molecule has 5 nitrogen and oxygen atoms in total. The first kappa shape index (κ1) is 14.6. The summed E-state index contributed by atoms with van der Waals surface area (Å²) < 4.78 is 37.8. The number of nitro groups is 1. The third-order valence-electron chi connectivity index (χ3n) is 3.99. The Morgan fingerprint density at radius 1 is 1.36 bits per heavy atom. The van der Waals surface area contributed by atoms with Crippen LogP contribution < -0.4 is 5.43 Å². The Labute approximate surface area is 123 Å². The Hall–Kier alpha value is -2.38. The molecule has 1 fully saturated rings. The summed E-state index contributed by atoms with van der Waals surface area (Å²) in [6.07, 6.45) is 1.29. The number of nitro benzene ring substituents is 1. The average molecular weight is 311 g/mol. The van der Waals surface area contributed by atoms with Crippen LogP contribution >= 0.6 is 0 Å². The molecule has 8 heteroatoms. The number of anilines is 1. The first-order valence-corrected chi connectivity index (χ1v) is 6.71. The fraction of sp³-hybridized carbons (Fsp3) is 0.357. The number of halogens is 3. The fourth-order valence-electron chi connectivity index (χ4n) is 2.75. The van der Waals surface area contributed by atoms with E-state index >= 15 is 0 Å². The minimum absolute atomic E-state index is 0.0454. The second kappa shape index (κ2) is 5.11. The van der Waals surface area contributed by atoms with Crippen LogP contribution in [0.25, 0.3) is 0 Å². The number of benzene rings is 1. The Kier molecular flexibility index (Phi) is 3.38. The number of hydrogen-bond acceptors (Lipinski definition) is 4. The maximum absolute atomic E-state index is 12.6. The maximum atomic E-state index is 12.6. The zero-order valence-electron chi connectivity index (χ0n) is 11.3. The highest BCUT2D eigenvalue weighted by atomic mass is 19.4. The second-order valence-electron chi connectivity index (χ2n) is 5.36. The molecule has 2 aliphatic carbocycles. The Bertz CT molecular complexity index is 682. The van der Waals surface area contributed by atoms with E-state index in [1.54, 1.807) is 0 Å². The third-order valence-corrected chi connectivity index (χ3v) is 3.99. The zero-order valence-corrected chi connectivity index (χ0v) is 11.3. The van der Waals surface area contributed by atoms with Gasteiger partial charge in [0.25, 0.3) is 5.69 Å². The first-order valence-electron chi connectivity index (χ1n) is 6.71. The summed E-state index contributed by atoms with van der Waals surface area (Å²) in [5.74, 6) is 0.796. The number of hydrazone groups is 1. The monoisotopic (exact) mass is 311 g/mol.